The van der Waals surface area contributed by atoms with E-state index in [2.05, 4.69) is 0 Å². The van der Waals surface area contributed by atoms with Gasteiger partial charge >= 0.3 is 5.97 Å². The lowest BCUT2D eigenvalue weighted by atomic mass is 9.88. The topological polar surface area (TPSA) is 132 Å². The van der Waals surface area contributed by atoms with Crippen molar-refractivity contribution in [1.29, 1.82) is 0 Å². The normalized spacial score (nSPS) is 45.3. The average Bonchev–Trinajstić information content (AvgIpc) is 2.79. The first-order chi connectivity index (χ1) is 16.2. The number of esters is 1. The summed E-state index contributed by atoms with van der Waals surface area (Å²) in [4.78, 5) is 16.8. The first-order valence-electron chi connectivity index (χ1n) is 12.8. The summed E-state index contributed by atoms with van der Waals surface area (Å²) in [5.41, 5.74) is -1.71. The van der Waals surface area contributed by atoms with Crippen LogP contribution in [0.15, 0.2) is 0 Å². The molecule has 0 spiro atoms. The Labute approximate surface area is 210 Å². The highest BCUT2D eigenvalue weighted by Crippen LogP contribution is 2.32. The highest BCUT2D eigenvalue weighted by Gasteiger charge is 2.45. The first-order valence-corrected chi connectivity index (χ1v) is 12.8. The van der Waals surface area contributed by atoms with Gasteiger partial charge in [0, 0.05) is 19.0 Å². The van der Waals surface area contributed by atoms with E-state index in [9.17, 15) is 25.2 Å². The van der Waals surface area contributed by atoms with E-state index in [1.54, 1.807) is 32.7 Å². The van der Waals surface area contributed by atoms with Gasteiger partial charge in [-0.15, -0.1) is 0 Å². The number of cyclic esters (lactones) is 1. The fraction of sp³-hybridized carbons (Fsp3) is 0.960. The van der Waals surface area contributed by atoms with E-state index in [4.69, 9.17) is 14.2 Å². The quantitative estimate of drug-likeness (QED) is 0.402. The molecule has 2 heterocycles. The Morgan fingerprint density at radius 3 is 2.37 bits per heavy atom. The van der Waals surface area contributed by atoms with Crippen molar-refractivity contribution in [3.63, 3.8) is 0 Å². The number of hydrogen-bond donors (Lipinski definition) is 4. The van der Waals surface area contributed by atoms with Crippen molar-refractivity contribution in [2.24, 2.45) is 11.8 Å². The molecule has 2 aliphatic rings. The van der Waals surface area contributed by atoms with E-state index in [1.807, 2.05) is 25.9 Å². The van der Waals surface area contributed by atoms with Crippen LogP contribution in [-0.2, 0) is 19.0 Å². The van der Waals surface area contributed by atoms with Crippen LogP contribution in [0.25, 0.3) is 0 Å². The van der Waals surface area contributed by atoms with Gasteiger partial charge in [-0.25, -0.2) is 0 Å². The Morgan fingerprint density at radius 1 is 1.17 bits per heavy atom. The standard InChI is InChI=1S/C25H48N2O8/c1-9-19-25(5,32)24(31)27(8)11-10-17(28)12-14(2)22(15(3)23(30)34-19)35-20-13-18(26(6)7)21(29)16(4)33-20/h14-22,24,28-29,31-32H,9-13H2,1-8H3/t14-,15?,16-,17?,18?,19-,20+,21?,22+,24?,25-/m1/s1. The maximum Gasteiger partial charge on any atom is 0.311 e. The molecule has 0 aromatic carbocycles. The lowest BCUT2D eigenvalue weighted by Crippen LogP contribution is -2.58. The largest absolute Gasteiger partial charge is 0.459 e. The monoisotopic (exact) mass is 504 g/mol. The van der Waals surface area contributed by atoms with Crippen LogP contribution in [0.3, 0.4) is 0 Å². The third kappa shape index (κ3) is 7.35. The molecule has 11 atom stereocenters. The van der Waals surface area contributed by atoms with Crippen molar-refractivity contribution in [2.75, 3.05) is 27.7 Å². The Bertz CT molecular complexity index is 678. The average molecular weight is 505 g/mol. The summed E-state index contributed by atoms with van der Waals surface area (Å²) in [6.07, 6.45) is -3.79. The minimum atomic E-state index is -1.71. The van der Waals surface area contributed by atoms with Gasteiger partial charge in [0.05, 0.1) is 30.3 Å². The molecule has 2 fully saturated rings. The Morgan fingerprint density at radius 2 is 1.80 bits per heavy atom. The van der Waals surface area contributed by atoms with Crippen molar-refractivity contribution in [1.82, 2.24) is 9.80 Å². The fourth-order valence-corrected chi connectivity index (χ4v) is 5.31. The number of hydrogen-bond acceptors (Lipinski definition) is 10. The second-order valence-corrected chi connectivity index (χ2v) is 11.0. The maximum atomic E-state index is 13.3. The minimum absolute atomic E-state index is 0.168. The van der Waals surface area contributed by atoms with Crippen LogP contribution in [0.2, 0.25) is 0 Å². The van der Waals surface area contributed by atoms with Gasteiger partial charge in [-0.1, -0.05) is 13.8 Å². The third-order valence-electron chi connectivity index (χ3n) is 7.75. The van der Waals surface area contributed by atoms with Gasteiger partial charge in [-0.3, -0.25) is 9.69 Å². The molecule has 5 unspecified atom stereocenters. The summed E-state index contributed by atoms with van der Waals surface area (Å²) in [6.45, 7) is 9.02. The number of carbonyl (C=O) groups is 1. The number of ether oxygens (including phenoxy) is 3. The van der Waals surface area contributed by atoms with Crippen LogP contribution < -0.4 is 0 Å². The molecule has 0 aromatic rings. The van der Waals surface area contributed by atoms with Gasteiger partial charge in [0.25, 0.3) is 0 Å². The minimum Gasteiger partial charge on any atom is -0.459 e. The Balaban J connectivity index is 2.32. The predicted molar refractivity (Wildman–Crippen MR) is 130 cm³/mol. The summed E-state index contributed by atoms with van der Waals surface area (Å²) in [7, 11) is 5.45. The van der Waals surface area contributed by atoms with E-state index < -0.39 is 60.5 Å². The maximum absolute atomic E-state index is 13.3. The summed E-state index contributed by atoms with van der Waals surface area (Å²) >= 11 is 0. The van der Waals surface area contributed by atoms with Crippen LogP contribution in [-0.4, -0.2) is 119 Å². The molecule has 2 rings (SSSR count). The van der Waals surface area contributed by atoms with Crippen molar-refractivity contribution < 1.29 is 39.4 Å². The van der Waals surface area contributed by atoms with Crippen molar-refractivity contribution >= 4 is 5.97 Å². The molecule has 206 valence electrons. The molecule has 0 aromatic heterocycles. The van der Waals surface area contributed by atoms with E-state index in [1.165, 1.54) is 6.92 Å². The van der Waals surface area contributed by atoms with Gasteiger partial charge in [0.15, 0.2) is 6.29 Å². The molecule has 2 saturated heterocycles. The highest BCUT2D eigenvalue weighted by molar-refractivity contribution is 5.73. The van der Waals surface area contributed by atoms with Gasteiger partial charge in [0.2, 0.25) is 0 Å². The number of likely N-dealkylation sites (N-methyl/N-ethyl adjacent to an activating group) is 2. The first kappa shape index (κ1) is 30.4. The van der Waals surface area contributed by atoms with Gasteiger partial charge in [-0.2, -0.15) is 0 Å². The molecule has 0 amide bonds. The zero-order valence-electron chi connectivity index (χ0n) is 22.6. The summed E-state index contributed by atoms with van der Waals surface area (Å²) < 4.78 is 18.1. The second-order valence-electron chi connectivity index (χ2n) is 11.0. The number of rotatable bonds is 4. The third-order valence-corrected chi connectivity index (χ3v) is 7.75. The summed E-state index contributed by atoms with van der Waals surface area (Å²) in [5.74, 6) is -1.49. The van der Waals surface area contributed by atoms with Crippen LogP contribution in [0, 0.1) is 11.8 Å². The van der Waals surface area contributed by atoms with E-state index in [-0.39, 0.29) is 12.0 Å². The number of aliphatic hydroxyl groups excluding tert-OH is 3. The van der Waals surface area contributed by atoms with Crippen molar-refractivity contribution in [3.05, 3.63) is 0 Å². The molecule has 0 radical (unpaired) electrons. The lowest BCUT2D eigenvalue weighted by molar-refractivity contribution is -0.262. The molecule has 2 aliphatic heterocycles. The summed E-state index contributed by atoms with van der Waals surface area (Å²) in [6, 6.07) is -0.168. The van der Waals surface area contributed by atoms with Crippen LogP contribution in [0.4, 0.5) is 0 Å². The zero-order valence-corrected chi connectivity index (χ0v) is 22.6. The molecule has 10 heteroatoms. The highest BCUT2D eigenvalue weighted by atomic mass is 16.7. The SMILES string of the molecule is CC[C@H]1OC(=O)C(C)[C@@H](O[C@H]2CC(N(C)C)C(O)[C@@H](C)O2)[C@H](C)CC(O)CCN(C)C(O)[C@]1(C)O. The second kappa shape index (κ2) is 12.6. The van der Waals surface area contributed by atoms with Crippen LogP contribution >= 0.6 is 0 Å². The van der Waals surface area contributed by atoms with Gasteiger partial charge in [-0.05, 0) is 67.1 Å². The Hall–Kier alpha value is -0.850. The number of nitrogens with zero attached hydrogens (tertiary/aromatic N) is 2. The van der Waals surface area contributed by atoms with Crippen molar-refractivity contribution in [3.8, 4) is 0 Å². The van der Waals surface area contributed by atoms with E-state index in [0.717, 1.165) is 0 Å². The van der Waals surface area contributed by atoms with Crippen molar-refractivity contribution in [2.45, 2.75) is 115 Å². The van der Waals surface area contributed by atoms with Gasteiger partial charge < -0.3 is 39.5 Å². The fourth-order valence-electron chi connectivity index (χ4n) is 5.31. The molecule has 0 bridgehead atoms. The summed E-state index contributed by atoms with van der Waals surface area (Å²) in [5, 5.41) is 43.1. The van der Waals surface area contributed by atoms with Crippen LogP contribution in [0.5, 0.6) is 0 Å². The zero-order chi connectivity index (χ0) is 26.7. The molecule has 0 aliphatic carbocycles. The molecule has 4 N–H and O–H groups in total. The smallest absolute Gasteiger partial charge is 0.311 e. The van der Waals surface area contributed by atoms with E-state index >= 15 is 0 Å². The molecular weight excluding hydrogens is 456 g/mol. The molecule has 10 nitrogen and oxygen atoms in total. The predicted octanol–water partition coefficient (Wildman–Crippen LogP) is 0.548. The Kier molecular flexibility index (Phi) is 10.9. The lowest BCUT2D eigenvalue weighted by Gasteiger charge is -2.43. The molecule has 35 heavy (non-hydrogen) atoms. The number of carbonyl (C=O) groups excluding carboxylic acids is 1. The van der Waals surface area contributed by atoms with Crippen LogP contribution in [0.1, 0.15) is 60.3 Å². The van der Waals surface area contributed by atoms with Gasteiger partial charge in [0.1, 0.15) is 17.9 Å². The number of aliphatic hydroxyl groups is 4. The molecular formula is C25H48N2O8. The molecule has 0 saturated carbocycles. The van der Waals surface area contributed by atoms with E-state index in [0.29, 0.717) is 32.2 Å².